The van der Waals surface area contributed by atoms with Crippen LogP contribution < -0.4 is 5.32 Å². The van der Waals surface area contributed by atoms with Gasteiger partial charge in [0.15, 0.2) is 10.4 Å². The van der Waals surface area contributed by atoms with Crippen LogP contribution in [0.1, 0.15) is 29.5 Å². The first-order valence-electron chi connectivity index (χ1n) is 7.99. The van der Waals surface area contributed by atoms with Gasteiger partial charge in [0.1, 0.15) is 5.54 Å². The van der Waals surface area contributed by atoms with Crippen LogP contribution in [0.3, 0.4) is 0 Å². The van der Waals surface area contributed by atoms with E-state index in [1.54, 1.807) is 24.0 Å². The van der Waals surface area contributed by atoms with Gasteiger partial charge in [-0.25, -0.2) is 0 Å². The smallest absolute Gasteiger partial charge is 0.287 e. The molecule has 3 rings (SSSR count). The third kappa shape index (κ3) is 4.07. The monoisotopic (exact) mass is 424 g/mol. The second-order valence-corrected chi connectivity index (χ2v) is 7.53. The van der Waals surface area contributed by atoms with Gasteiger partial charge in [0.05, 0.1) is 0 Å². The number of carbonyl (C=O) groups is 2. The normalized spacial score (nSPS) is 20.1. The fourth-order valence-corrected chi connectivity index (χ4v) is 3.47. The van der Waals surface area contributed by atoms with Gasteiger partial charge < -0.3 is 14.6 Å². The Kier molecular flexibility index (Phi) is 5.20. The summed E-state index contributed by atoms with van der Waals surface area (Å²) in [5.74, 6) is -0.287. The summed E-state index contributed by atoms with van der Waals surface area (Å²) in [5.41, 5.74) is 0.170. The predicted octanol–water partition coefficient (Wildman–Crippen LogP) is 3.66. The van der Waals surface area contributed by atoms with E-state index in [1.807, 2.05) is 24.3 Å². The molecule has 2 heterocycles. The number of benzene rings is 1. The zero-order chi connectivity index (χ0) is 18.0. The summed E-state index contributed by atoms with van der Waals surface area (Å²) in [6.45, 7) is 2.96. The number of likely N-dealkylation sites (tertiary alicyclic amines) is 1. The number of nitrogens with one attached hydrogen (secondary N) is 1. The molecule has 0 aliphatic carbocycles. The third-order valence-corrected chi connectivity index (χ3v) is 5.05. The largest absolute Gasteiger partial charge is 0.444 e. The lowest BCUT2D eigenvalue weighted by molar-refractivity contribution is -0.132. The Hall–Kier alpha value is -1.79. The number of rotatable bonds is 5. The summed E-state index contributed by atoms with van der Waals surface area (Å²) < 4.78 is 5.72. The molecule has 0 bridgehead atoms. The lowest BCUT2D eigenvalue weighted by Crippen LogP contribution is -2.52. The molecule has 2 amide bonds. The van der Waals surface area contributed by atoms with Gasteiger partial charge in [0.25, 0.3) is 5.91 Å². The van der Waals surface area contributed by atoms with Crippen molar-refractivity contribution in [3.8, 4) is 0 Å². The van der Waals surface area contributed by atoms with Crippen LogP contribution in [0.4, 0.5) is 0 Å². The van der Waals surface area contributed by atoms with Crippen LogP contribution in [0, 0.1) is 0 Å². The maximum atomic E-state index is 12.7. The second kappa shape index (κ2) is 7.22. The van der Waals surface area contributed by atoms with Gasteiger partial charge in [-0.1, -0.05) is 23.7 Å². The van der Waals surface area contributed by atoms with E-state index in [0.717, 1.165) is 12.0 Å². The Balaban J connectivity index is 1.61. The van der Waals surface area contributed by atoms with E-state index in [-0.39, 0.29) is 11.7 Å². The van der Waals surface area contributed by atoms with Crippen molar-refractivity contribution in [1.29, 1.82) is 0 Å². The molecule has 1 saturated heterocycles. The van der Waals surface area contributed by atoms with Gasteiger partial charge >= 0.3 is 0 Å². The zero-order valence-corrected chi connectivity index (χ0v) is 16.1. The summed E-state index contributed by atoms with van der Waals surface area (Å²) in [6.07, 6.45) is 1.29. The van der Waals surface area contributed by atoms with Crippen LogP contribution in [0.15, 0.2) is 45.5 Å². The highest BCUT2D eigenvalue weighted by Gasteiger charge is 2.44. The molecule has 1 unspecified atom stereocenters. The predicted molar refractivity (Wildman–Crippen MR) is 98.6 cm³/mol. The Bertz CT molecular complexity index is 807. The molecule has 1 atom stereocenters. The highest BCUT2D eigenvalue weighted by Crippen LogP contribution is 2.24. The van der Waals surface area contributed by atoms with E-state index in [0.29, 0.717) is 29.2 Å². The fraction of sp³-hybridized carbons (Fsp3) is 0.333. The van der Waals surface area contributed by atoms with Gasteiger partial charge in [-0.15, -0.1) is 0 Å². The lowest BCUT2D eigenvalue weighted by Gasteiger charge is -2.24. The van der Waals surface area contributed by atoms with E-state index in [2.05, 4.69) is 21.2 Å². The van der Waals surface area contributed by atoms with Crippen molar-refractivity contribution in [2.24, 2.45) is 0 Å². The van der Waals surface area contributed by atoms with E-state index in [4.69, 9.17) is 16.0 Å². The molecule has 1 aliphatic rings. The van der Waals surface area contributed by atoms with Crippen LogP contribution in [-0.2, 0) is 11.2 Å². The average Bonchev–Trinajstić information content (AvgIpc) is 3.11. The van der Waals surface area contributed by atoms with Gasteiger partial charge in [-0.2, -0.15) is 0 Å². The first-order valence-corrected chi connectivity index (χ1v) is 9.16. The number of halogens is 2. The minimum absolute atomic E-state index is 0.0755. The maximum absolute atomic E-state index is 12.7. The molecule has 5 nitrogen and oxygen atoms in total. The molecule has 2 aromatic rings. The van der Waals surface area contributed by atoms with Crippen LogP contribution in [0.25, 0.3) is 0 Å². The third-order valence-electron chi connectivity index (χ3n) is 4.39. The van der Waals surface area contributed by atoms with E-state index in [9.17, 15) is 9.59 Å². The van der Waals surface area contributed by atoms with Gasteiger partial charge in [0.2, 0.25) is 5.91 Å². The SMILES string of the molecule is CC1(NC(=O)c2ccc(Br)o2)CCN(CCc2cccc(Cl)c2)C1=O. The molecule has 1 N–H and O–H groups in total. The van der Waals surface area contributed by atoms with Gasteiger partial charge in [-0.05, 0) is 65.5 Å². The Morgan fingerprint density at radius 1 is 1.40 bits per heavy atom. The van der Waals surface area contributed by atoms with Crippen molar-refractivity contribution in [1.82, 2.24) is 10.2 Å². The first kappa shape index (κ1) is 18.0. The lowest BCUT2D eigenvalue weighted by atomic mass is 10.0. The van der Waals surface area contributed by atoms with Gasteiger partial charge in [-0.3, -0.25) is 9.59 Å². The number of furan rings is 1. The van der Waals surface area contributed by atoms with Crippen molar-refractivity contribution in [3.05, 3.63) is 57.4 Å². The molecule has 132 valence electrons. The molecule has 0 spiro atoms. The topological polar surface area (TPSA) is 62.6 Å². The Labute approximate surface area is 159 Å². The first-order chi connectivity index (χ1) is 11.9. The Morgan fingerprint density at radius 3 is 2.88 bits per heavy atom. The molecular formula is C18H18BrClN2O3. The molecule has 1 fully saturated rings. The maximum Gasteiger partial charge on any atom is 0.287 e. The summed E-state index contributed by atoms with van der Waals surface area (Å²) in [5, 5.41) is 3.49. The average molecular weight is 426 g/mol. The van der Waals surface area contributed by atoms with Crippen LogP contribution >= 0.6 is 27.5 Å². The molecular weight excluding hydrogens is 408 g/mol. The fourth-order valence-electron chi connectivity index (χ4n) is 2.95. The van der Waals surface area contributed by atoms with Crippen molar-refractivity contribution in [2.75, 3.05) is 13.1 Å². The molecule has 0 radical (unpaired) electrons. The summed E-state index contributed by atoms with van der Waals surface area (Å²) in [6, 6.07) is 10.8. The van der Waals surface area contributed by atoms with Crippen molar-refractivity contribution < 1.29 is 14.0 Å². The summed E-state index contributed by atoms with van der Waals surface area (Å²) in [4.78, 5) is 26.8. The molecule has 1 aliphatic heterocycles. The summed E-state index contributed by atoms with van der Waals surface area (Å²) >= 11 is 9.16. The van der Waals surface area contributed by atoms with E-state index in [1.165, 1.54) is 0 Å². The van der Waals surface area contributed by atoms with Crippen LogP contribution in [0.5, 0.6) is 0 Å². The molecule has 1 aromatic heterocycles. The van der Waals surface area contributed by atoms with Crippen molar-refractivity contribution in [2.45, 2.75) is 25.3 Å². The minimum atomic E-state index is -0.912. The van der Waals surface area contributed by atoms with Gasteiger partial charge in [0, 0.05) is 18.1 Å². The number of amides is 2. The highest BCUT2D eigenvalue weighted by atomic mass is 79.9. The molecule has 1 aromatic carbocycles. The minimum Gasteiger partial charge on any atom is -0.444 e. The molecule has 7 heteroatoms. The highest BCUT2D eigenvalue weighted by molar-refractivity contribution is 9.10. The van der Waals surface area contributed by atoms with E-state index >= 15 is 0 Å². The molecule has 0 saturated carbocycles. The van der Waals surface area contributed by atoms with E-state index < -0.39 is 11.4 Å². The second-order valence-electron chi connectivity index (χ2n) is 6.31. The quantitative estimate of drug-likeness (QED) is 0.795. The summed E-state index contributed by atoms with van der Waals surface area (Å²) in [7, 11) is 0. The molecule has 25 heavy (non-hydrogen) atoms. The Morgan fingerprint density at radius 2 is 2.20 bits per heavy atom. The number of nitrogens with zero attached hydrogens (tertiary/aromatic N) is 1. The van der Waals surface area contributed by atoms with Crippen LogP contribution in [0.2, 0.25) is 5.02 Å². The standard InChI is InChI=1S/C18H18BrClN2O3/c1-18(21-16(23)14-5-6-15(19)25-14)8-10-22(17(18)24)9-7-12-3-2-4-13(20)11-12/h2-6,11H,7-10H2,1H3,(H,21,23). The number of hydrogen-bond donors (Lipinski definition) is 1. The van der Waals surface area contributed by atoms with Crippen molar-refractivity contribution >= 4 is 39.3 Å². The van der Waals surface area contributed by atoms with Crippen LogP contribution in [-0.4, -0.2) is 35.3 Å². The zero-order valence-electron chi connectivity index (χ0n) is 13.7. The number of hydrogen-bond acceptors (Lipinski definition) is 3. The number of carbonyl (C=O) groups excluding carboxylic acids is 2. The van der Waals surface area contributed by atoms with Crippen molar-refractivity contribution in [3.63, 3.8) is 0 Å².